The van der Waals surface area contributed by atoms with E-state index in [0.717, 1.165) is 0 Å². The van der Waals surface area contributed by atoms with E-state index < -0.39 is 5.97 Å². The summed E-state index contributed by atoms with van der Waals surface area (Å²) in [6.07, 6.45) is 0.266. The number of aliphatic carboxylic acids is 1. The van der Waals surface area contributed by atoms with Crippen molar-refractivity contribution in [3.63, 3.8) is 0 Å². The minimum Gasteiger partial charge on any atom is -0.481 e. The van der Waals surface area contributed by atoms with E-state index in [-0.39, 0.29) is 58.3 Å². The summed E-state index contributed by atoms with van der Waals surface area (Å²) >= 11 is 1.21. The molecule has 0 aliphatic heterocycles. The summed E-state index contributed by atoms with van der Waals surface area (Å²) in [5.74, 6) is -0.620. The summed E-state index contributed by atoms with van der Waals surface area (Å²) in [4.78, 5) is 21.1. The Balaban J connectivity index is -0.000000845. The molecule has 0 saturated carbocycles. The summed E-state index contributed by atoms with van der Waals surface area (Å²) in [5, 5.41) is 11.2. The molecule has 0 fully saturated rings. The molecule has 0 aliphatic rings. The Bertz CT molecular complexity index is 192. The zero-order valence-corrected chi connectivity index (χ0v) is 13.3. The van der Waals surface area contributed by atoms with Crippen molar-refractivity contribution < 1.29 is 52.1 Å². The first-order valence-corrected chi connectivity index (χ1v) is 5.42. The number of carbonyl (C=O) groups excluding carboxylic acids is 1. The van der Waals surface area contributed by atoms with E-state index >= 15 is 0 Å². The van der Waals surface area contributed by atoms with Gasteiger partial charge in [-0.2, -0.15) is 0 Å². The number of hydrogen-bond donors (Lipinski definition) is 2. The molecule has 16 heavy (non-hydrogen) atoms. The minimum atomic E-state index is -0.862. The topological polar surface area (TPSA) is 75.6 Å². The molecule has 0 heterocycles. The molecule has 5 nitrogen and oxygen atoms in total. The molecule has 0 aromatic heterocycles. The van der Waals surface area contributed by atoms with E-state index in [1.807, 2.05) is 0 Å². The molecule has 0 aromatic rings. The molecule has 0 atom stereocenters. The van der Waals surface area contributed by atoms with Crippen molar-refractivity contribution in [2.75, 3.05) is 31.7 Å². The standard InChI is InChI=1S/C8H15NO4S.CH3.Y/c1-9-3-4-13-8(12)2-5-14-6-7(10)11;;/h9H,2-6H2,1H3,(H,10,11);1H3;/q;-1;. The smallest absolute Gasteiger partial charge is 0.313 e. The Kier molecular flexibility index (Phi) is 20.7. The van der Waals surface area contributed by atoms with E-state index in [4.69, 9.17) is 9.84 Å². The molecule has 7 heteroatoms. The number of nitrogens with one attached hydrogen (secondary N) is 1. The van der Waals surface area contributed by atoms with Gasteiger partial charge in [0.05, 0.1) is 12.2 Å². The third-order valence-electron chi connectivity index (χ3n) is 1.29. The van der Waals surface area contributed by atoms with Crippen molar-refractivity contribution in [3.05, 3.63) is 7.43 Å². The van der Waals surface area contributed by atoms with Crippen LogP contribution in [0, 0.1) is 7.43 Å². The second-order valence-corrected chi connectivity index (χ2v) is 3.63. The van der Waals surface area contributed by atoms with Crippen LogP contribution in [0.4, 0.5) is 0 Å². The molecule has 2 N–H and O–H groups in total. The minimum absolute atomic E-state index is 0. The molecule has 0 amide bonds. The van der Waals surface area contributed by atoms with E-state index in [2.05, 4.69) is 5.32 Å². The van der Waals surface area contributed by atoms with Crippen molar-refractivity contribution in [2.45, 2.75) is 6.42 Å². The first kappa shape index (κ1) is 21.6. The van der Waals surface area contributed by atoms with Gasteiger partial charge in [0.2, 0.25) is 0 Å². The van der Waals surface area contributed by atoms with Crippen molar-refractivity contribution in [1.82, 2.24) is 5.32 Å². The maximum absolute atomic E-state index is 11.0. The molecule has 0 rings (SSSR count). The van der Waals surface area contributed by atoms with Gasteiger partial charge in [0.25, 0.3) is 0 Å². The van der Waals surface area contributed by atoms with E-state index in [1.54, 1.807) is 7.05 Å². The van der Waals surface area contributed by atoms with Gasteiger partial charge < -0.3 is 22.6 Å². The Morgan fingerprint density at radius 3 is 2.56 bits per heavy atom. The van der Waals surface area contributed by atoms with E-state index in [9.17, 15) is 9.59 Å². The SMILES string of the molecule is CNCCOC(=O)CCSCC(=O)O.[CH3-].[Y]. The van der Waals surface area contributed by atoms with Crippen LogP contribution < -0.4 is 5.32 Å². The summed E-state index contributed by atoms with van der Waals surface area (Å²) in [6.45, 7) is 0.993. The number of likely N-dealkylation sites (N-methyl/N-ethyl adjacent to an activating group) is 1. The summed E-state index contributed by atoms with van der Waals surface area (Å²) in [6, 6.07) is 0. The summed E-state index contributed by atoms with van der Waals surface area (Å²) < 4.78 is 4.83. The van der Waals surface area contributed by atoms with Gasteiger partial charge >= 0.3 is 11.9 Å². The number of rotatable bonds is 8. The predicted octanol–water partition coefficient (Wildman–Crippen LogP) is 0.405. The monoisotopic (exact) mass is 325 g/mol. The van der Waals surface area contributed by atoms with Crippen LogP contribution in [-0.4, -0.2) is 48.8 Å². The number of hydrogen-bond acceptors (Lipinski definition) is 5. The van der Waals surface area contributed by atoms with Gasteiger partial charge in [-0.15, -0.1) is 11.8 Å². The van der Waals surface area contributed by atoms with Crippen LogP contribution in [0.25, 0.3) is 0 Å². The Morgan fingerprint density at radius 1 is 1.44 bits per heavy atom. The Morgan fingerprint density at radius 2 is 2.06 bits per heavy atom. The zero-order valence-electron chi connectivity index (χ0n) is 9.69. The number of thioether (sulfide) groups is 1. The molecule has 0 spiro atoms. The molecule has 0 aliphatic carbocycles. The maximum Gasteiger partial charge on any atom is 0.313 e. The van der Waals surface area contributed by atoms with Gasteiger partial charge in [-0.05, 0) is 7.05 Å². The third-order valence-corrected chi connectivity index (χ3v) is 2.24. The van der Waals surface area contributed by atoms with Crippen LogP contribution in [0.3, 0.4) is 0 Å². The summed E-state index contributed by atoms with van der Waals surface area (Å²) in [7, 11) is 1.77. The van der Waals surface area contributed by atoms with Crippen LogP contribution >= 0.6 is 11.8 Å². The second kappa shape index (κ2) is 15.4. The normalized spacial score (nSPS) is 8.56. The molecule has 93 valence electrons. The largest absolute Gasteiger partial charge is 0.481 e. The van der Waals surface area contributed by atoms with E-state index in [1.165, 1.54) is 11.8 Å². The molecule has 0 unspecified atom stereocenters. The van der Waals surface area contributed by atoms with Gasteiger partial charge in [-0.1, -0.05) is 0 Å². The number of carboxylic acids is 1. The third kappa shape index (κ3) is 16.8. The van der Waals surface area contributed by atoms with Crippen LogP contribution in [0.2, 0.25) is 0 Å². The van der Waals surface area contributed by atoms with Crippen molar-refractivity contribution >= 4 is 23.7 Å². The molecule has 0 bridgehead atoms. The van der Waals surface area contributed by atoms with Gasteiger partial charge in [0.15, 0.2) is 0 Å². The van der Waals surface area contributed by atoms with Gasteiger partial charge in [-0.3, -0.25) is 9.59 Å². The van der Waals surface area contributed by atoms with Crippen LogP contribution in [0.1, 0.15) is 6.42 Å². The predicted molar refractivity (Wildman–Crippen MR) is 60.9 cm³/mol. The number of ether oxygens (including phenoxy) is 1. The number of carboxylic acid groups (broad SMARTS) is 1. The first-order valence-electron chi connectivity index (χ1n) is 4.26. The average molecular weight is 325 g/mol. The van der Waals surface area contributed by atoms with Gasteiger partial charge in [-0.25, -0.2) is 0 Å². The summed E-state index contributed by atoms with van der Waals surface area (Å²) in [5.41, 5.74) is 0. The fraction of sp³-hybridized carbons (Fsp3) is 0.667. The van der Waals surface area contributed by atoms with Gasteiger partial charge in [0, 0.05) is 45.0 Å². The Hall–Kier alpha value is 0.354. The van der Waals surface area contributed by atoms with E-state index in [0.29, 0.717) is 18.9 Å². The molecular weight excluding hydrogens is 307 g/mol. The number of carbonyl (C=O) groups is 2. The number of esters is 1. The van der Waals surface area contributed by atoms with Crippen molar-refractivity contribution in [1.29, 1.82) is 0 Å². The molecular formula is C9H18NO4SY-. The van der Waals surface area contributed by atoms with Crippen LogP contribution in [-0.2, 0) is 47.0 Å². The van der Waals surface area contributed by atoms with Gasteiger partial charge in [0.1, 0.15) is 6.61 Å². The zero-order chi connectivity index (χ0) is 10.8. The second-order valence-electron chi connectivity index (χ2n) is 2.52. The van der Waals surface area contributed by atoms with Crippen LogP contribution in [0.5, 0.6) is 0 Å². The quantitative estimate of drug-likeness (QED) is 0.382. The molecule has 0 saturated heterocycles. The first-order chi connectivity index (χ1) is 6.66. The fourth-order valence-corrected chi connectivity index (χ4v) is 1.28. The molecule has 0 aromatic carbocycles. The molecule has 1 radical (unpaired) electrons. The maximum atomic E-state index is 11.0. The van der Waals surface area contributed by atoms with Crippen LogP contribution in [0.15, 0.2) is 0 Å². The average Bonchev–Trinajstić information content (AvgIpc) is 2.13. The van der Waals surface area contributed by atoms with Crippen molar-refractivity contribution in [3.8, 4) is 0 Å². The Labute approximate surface area is 126 Å². The fourth-order valence-electron chi connectivity index (χ4n) is 0.654. The van der Waals surface area contributed by atoms with Crippen molar-refractivity contribution in [2.24, 2.45) is 0 Å².